The minimum Gasteiger partial charge on any atom is -0.462 e. The molecule has 2 aromatic heterocycles. The second kappa shape index (κ2) is 6.91. The number of ketones is 1. The topological polar surface area (TPSA) is 91.4 Å². The molecule has 0 saturated carbocycles. The van der Waals surface area contributed by atoms with Crippen molar-refractivity contribution in [3.63, 3.8) is 0 Å². The monoisotopic (exact) mass is 358 g/mol. The molecule has 0 aliphatic heterocycles. The Morgan fingerprint density at radius 2 is 2.12 bits per heavy atom. The van der Waals surface area contributed by atoms with Gasteiger partial charge in [-0.25, -0.2) is 14.2 Å². The Bertz CT molecular complexity index is 1070. The van der Waals surface area contributed by atoms with Crippen LogP contribution in [-0.4, -0.2) is 27.9 Å². The molecule has 0 atom stereocenters. The number of nitrogens with zero attached hydrogens (tertiary/aromatic N) is 2. The number of aryl methyl sites for hydroxylation is 1. The van der Waals surface area contributed by atoms with Crippen LogP contribution in [0.2, 0.25) is 0 Å². The summed E-state index contributed by atoms with van der Waals surface area (Å²) in [5.41, 5.74) is -0.498. The van der Waals surface area contributed by atoms with E-state index in [0.29, 0.717) is 0 Å². The van der Waals surface area contributed by atoms with Gasteiger partial charge in [-0.2, -0.15) is 0 Å². The first-order valence-corrected chi connectivity index (χ1v) is 7.86. The van der Waals surface area contributed by atoms with Crippen LogP contribution in [0.25, 0.3) is 11.1 Å². The average Bonchev–Trinajstić information content (AvgIpc) is 2.94. The highest BCUT2D eigenvalue weighted by molar-refractivity contribution is 6.03. The highest BCUT2D eigenvalue weighted by Crippen LogP contribution is 2.21. The van der Waals surface area contributed by atoms with Gasteiger partial charge in [0.2, 0.25) is 5.71 Å². The summed E-state index contributed by atoms with van der Waals surface area (Å²) in [6.07, 6.45) is 1.15. The number of carbonyl (C=O) groups is 2. The van der Waals surface area contributed by atoms with Gasteiger partial charge < -0.3 is 9.15 Å². The molecule has 0 unspecified atom stereocenters. The van der Waals surface area contributed by atoms with E-state index in [9.17, 15) is 18.8 Å². The number of rotatable bonds is 5. The van der Waals surface area contributed by atoms with Gasteiger partial charge in [-0.1, -0.05) is 12.1 Å². The Morgan fingerprint density at radius 3 is 2.81 bits per heavy atom. The molecule has 0 bridgehead atoms. The van der Waals surface area contributed by atoms with Gasteiger partial charge in [0.15, 0.2) is 5.78 Å². The van der Waals surface area contributed by atoms with E-state index < -0.39 is 23.1 Å². The SMILES string of the molecule is CCOC(=O)c1c(C)oc2ncn(CC(=O)c3cccc(F)c3)c(=O)c12. The molecule has 3 rings (SSSR count). The van der Waals surface area contributed by atoms with Crippen molar-refractivity contribution < 1.29 is 23.1 Å². The third kappa shape index (κ3) is 3.13. The molecule has 0 aliphatic rings. The van der Waals surface area contributed by atoms with Crippen LogP contribution in [0.3, 0.4) is 0 Å². The normalized spacial score (nSPS) is 10.9. The van der Waals surface area contributed by atoms with E-state index in [1.54, 1.807) is 6.92 Å². The van der Waals surface area contributed by atoms with Crippen LogP contribution in [0.4, 0.5) is 4.39 Å². The molecule has 8 heteroatoms. The summed E-state index contributed by atoms with van der Waals surface area (Å²) >= 11 is 0. The fourth-order valence-electron chi connectivity index (χ4n) is 2.61. The number of furan rings is 1. The van der Waals surface area contributed by atoms with Gasteiger partial charge in [-0.15, -0.1) is 0 Å². The van der Waals surface area contributed by atoms with E-state index in [1.165, 1.54) is 25.1 Å². The Kier molecular flexibility index (Phi) is 4.66. The van der Waals surface area contributed by atoms with Crippen molar-refractivity contribution in [2.24, 2.45) is 0 Å². The molecule has 0 spiro atoms. The van der Waals surface area contributed by atoms with Crippen LogP contribution >= 0.6 is 0 Å². The first-order valence-electron chi connectivity index (χ1n) is 7.86. The number of hydrogen-bond donors (Lipinski definition) is 0. The van der Waals surface area contributed by atoms with Crippen molar-refractivity contribution in [3.05, 3.63) is 63.7 Å². The summed E-state index contributed by atoms with van der Waals surface area (Å²) in [5.74, 6) is -1.51. The molecule has 134 valence electrons. The molecule has 0 aliphatic carbocycles. The average molecular weight is 358 g/mol. The number of hydrogen-bond acceptors (Lipinski definition) is 6. The van der Waals surface area contributed by atoms with E-state index in [0.717, 1.165) is 17.0 Å². The number of fused-ring (bicyclic) bond motifs is 1. The van der Waals surface area contributed by atoms with Gasteiger partial charge in [-0.05, 0) is 26.0 Å². The summed E-state index contributed by atoms with van der Waals surface area (Å²) in [6.45, 7) is 2.95. The lowest BCUT2D eigenvalue weighted by Crippen LogP contribution is -2.25. The summed E-state index contributed by atoms with van der Waals surface area (Å²) in [5, 5.41) is -0.0458. The second-order valence-corrected chi connectivity index (χ2v) is 5.55. The number of esters is 1. The van der Waals surface area contributed by atoms with Gasteiger partial charge in [0.25, 0.3) is 5.56 Å². The van der Waals surface area contributed by atoms with Crippen LogP contribution < -0.4 is 5.56 Å². The zero-order valence-corrected chi connectivity index (χ0v) is 14.1. The van der Waals surface area contributed by atoms with Crippen LogP contribution in [0.5, 0.6) is 0 Å². The van der Waals surface area contributed by atoms with Crippen LogP contribution in [0, 0.1) is 12.7 Å². The number of ether oxygens (including phenoxy) is 1. The zero-order valence-electron chi connectivity index (χ0n) is 14.1. The van der Waals surface area contributed by atoms with Crippen molar-refractivity contribution in [2.45, 2.75) is 20.4 Å². The molecule has 1 aromatic carbocycles. The van der Waals surface area contributed by atoms with Crippen LogP contribution in [0.15, 0.2) is 39.8 Å². The molecule has 0 saturated heterocycles. The van der Waals surface area contributed by atoms with Crippen molar-refractivity contribution >= 4 is 22.9 Å². The molecule has 7 nitrogen and oxygen atoms in total. The van der Waals surface area contributed by atoms with E-state index >= 15 is 0 Å². The van der Waals surface area contributed by atoms with Gasteiger partial charge in [0, 0.05) is 5.56 Å². The zero-order chi connectivity index (χ0) is 18.8. The van der Waals surface area contributed by atoms with Gasteiger partial charge in [0.1, 0.15) is 28.9 Å². The van der Waals surface area contributed by atoms with E-state index in [1.807, 2.05) is 0 Å². The number of benzene rings is 1. The lowest BCUT2D eigenvalue weighted by molar-refractivity contribution is 0.0526. The predicted octanol–water partition coefficient (Wildman–Crippen LogP) is 2.50. The first kappa shape index (κ1) is 17.5. The van der Waals surface area contributed by atoms with E-state index in [4.69, 9.17) is 9.15 Å². The third-order valence-corrected chi connectivity index (χ3v) is 3.79. The smallest absolute Gasteiger partial charge is 0.342 e. The molecule has 0 N–H and O–H groups in total. The lowest BCUT2D eigenvalue weighted by Gasteiger charge is -2.05. The lowest BCUT2D eigenvalue weighted by atomic mass is 10.1. The van der Waals surface area contributed by atoms with Gasteiger partial charge >= 0.3 is 5.97 Å². The molecule has 2 heterocycles. The number of aromatic nitrogens is 2. The molecule has 26 heavy (non-hydrogen) atoms. The highest BCUT2D eigenvalue weighted by Gasteiger charge is 2.24. The van der Waals surface area contributed by atoms with Crippen molar-refractivity contribution in [3.8, 4) is 0 Å². The molecular weight excluding hydrogens is 343 g/mol. The highest BCUT2D eigenvalue weighted by atomic mass is 19.1. The molecular formula is C18H15FN2O5. The maximum atomic E-state index is 13.3. The summed E-state index contributed by atoms with van der Waals surface area (Å²) in [4.78, 5) is 41.2. The number of Topliss-reactive ketones (excluding diaryl/α,β-unsaturated/α-hetero) is 1. The Labute approximate surface area is 147 Å². The number of carbonyl (C=O) groups excluding carboxylic acids is 2. The Balaban J connectivity index is 2.04. The second-order valence-electron chi connectivity index (χ2n) is 5.55. The summed E-state index contributed by atoms with van der Waals surface area (Å²) < 4.78 is 24.6. The maximum absolute atomic E-state index is 13.3. The number of halogens is 1. The Hall–Kier alpha value is -3.29. The Morgan fingerprint density at radius 1 is 1.35 bits per heavy atom. The van der Waals surface area contributed by atoms with Crippen LogP contribution in [0.1, 0.15) is 33.4 Å². The van der Waals surface area contributed by atoms with Gasteiger partial charge in [-0.3, -0.25) is 14.2 Å². The standard InChI is InChI=1S/C18H15FN2O5/c1-3-25-18(24)14-10(2)26-16-15(14)17(23)21(9-20-16)8-13(22)11-5-4-6-12(19)7-11/h4-7,9H,3,8H2,1-2H3. The summed E-state index contributed by atoms with van der Waals surface area (Å²) in [7, 11) is 0. The minimum absolute atomic E-state index is 0.00750. The fraction of sp³-hybridized carbons (Fsp3) is 0.222. The van der Waals surface area contributed by atoms with Crippen LogP contribution in [-0.2, 0) is 11.3 Å². The molecule has 0 radical (unpaired) electrons. The summed E-state index contributed by atoms with van der Waals surface area (Å²) in [6, 6.07) is 5.17. The quantitative estimate of drug-likeness (QED) is 0.514. The first-order chi connectivity index (χ1) is 12.4. The van der Waals surface area contributed by atoms with Crippen molar-refractivity contribution in [1.82, 2.24) is 9.55 Å². The van der Waals surface area contributed by atoms with E-state index in [-0.39, 0.29) is 41.1 Å². The molecule has 0 amide bonds. The largest absolute Gasteiger partial charge is 0.462 e. The van der Waals surface area contributed by atoms with E-state index in [2.05, 4.69) is 4.98 Å². The molecule has 3 aromatic rings. The predicted molar refractivity (Wildman–Crippen MR) is 89.7 cm³/mol. The molecule has 0 fully saturated rings. The third-order valence-electron chi connectivity index (χ3n) is 3.79. The van der Waals surface area contributed by atoms with Gasteiger partial charge in [0.05, 0.1) is 13.2 Å². The van der Waals surface area contributed by atoms with Crippen molar-refractivity contribution in [1.29, 1.82) is 0 Å². The fourth-order valence-corrected chi connectivity index (χ4v) is 2.61. The minimum atomic E-state index is -0.697. The van der Waals surface area contributed by atoms with Crippen molar-refractivity contribution in [2.75, 3.05) is 6.61 Å². The maximum Gasteiger partial charge on any atom is 0.342 e.